The highest BCUT2D eigenvalue weighted by molar-refractivity contribution is 7.90. The molecule has 2 aromatic carbocycles. The van der Waals surface area contributed by atoms with E-state index in [1.165, 1.54) is 0 Å². The molecule has 2 aliphatic rings. The van der Waals surface area contributed by atoms with Gasteiger partial charge in [0.15, 0.2) is 5.84 Å². The molecular weight excluding hydrogens is 374 g/mol. The third-order valence-corrected chi connectivity index (χ3v) is 5.75. The highest BCUT2D eigenvalue weighted by atomic mass is 32.2. The van der Waals surface area contributed by atoms with Crippen LogP contribution in [0.4, 0.5) is 5.69 Å². The first-order valence-electron chi connectivity index (χ1n) is 8.93. The maximum Gasteiger partial charge on any atom is 0.259 e. The van der Waals surface area contributed by atoms with Crippen molar-refractivity contribution in [3.63, 3.8) is 0 Å². The Morgan fingerprint density at radius 3 is 2.64 bits per heavy atom. The van der Waals surface area contributed by atoms with Gasteiger partial charge in [0.2, 0.25) is 0 Å². The van der Waals surface area contributed by atoms with Crippen LogP contribution in [-0.4, -0.2) is 37.4 Å². The van der Waals surface area contributed by atoms with Crippen LogP contribution in [0.5, 0.6) is 0 Å². The van der Waals surface area contributed by atoms with Crippen LogP contribution >= 0.6 is 0 Å². The molecule has 7 heteroatoms. The van der Waals surface area contributed by atoms with Crippen LogP contribution in [0.25, 0.3) is 0 Å². The standard InChI is InChI=1S/C21H19N3O3S/c25-21(18-10-6-12-24-13-14-28(26,27)23-20(18)24)22-19-11-5-4-9-17(19)15-16-7-2-1-3-8-16/h1-12H,13-15H2,(H,22,25). The van der Waals surface area contributed by atoms with E-state index in [-0.39, 0.29) is 29.6 Å². The number of allylic oxidation sites excluding steroid dienone is 2. The second-order valence-corrected chi connectivity index (χ2v) is 8.34. The number of hydrogen-bond donors (Lipinski definition) is 1. The molecule has 0 fully saturated rings. The Morgan fingerprint density at radius 2 is 1.82 bits per heavy atom. The van der Waals surface area contributed by atoms with Gasteiger partial charge < -0.3 is 10.2 Å². The van der Waals surface area contributed by atoms with Crippen LogP contribution in [0.1, 0.15) is 11.1 Å². The minimum absolute atomic E-state index is 0.0599. The Hall–Kier alpha value is -3.19. The van der Waals surface area contributed by atoms with Crippen molar-refractivity contribution in [1.82, 2.24) is 4.90 Å². The summed E-state index contributed by atoms with van der Waals surface area (Å²) in [4.78, 5) is 14.6. The molecule has 4 rings (SSSR count). The zero-order valence-electron chi connectivity index (χ0n) is 15.1. The van der Waals surface area contributed by atoms with Gasteiger partial charge in [-0.25, -0.2) is 8.42 Å². The Labute approximate surface area is 164 Å². The van der Waals surface area contributed by atoms with Gasteiger partial charge in [0, 0.05) is 18.4 Å². The summed E-state index contributed by atoms with van der Waals surface area (Å²) < 4.78 is 27.6. The van der Waals surface area contributed by atoms with Gasteiger partial charge in [-0.15, -0.1) is 4.40 Å². The summed E-state index contributed by atoms with van der Waals surface area (Å²) in [7, 11) is -3.55. The van der Waals surface area contributed by atoms with Gasteiger partial charge in [-0.1, -0.05) is 48.5 Å². The predicted octanol–water partition coefficient (Wildman–Crippen LogP) is 2.71. The second-order valence-electron chi connectivity index (χ2n) is 6.59. The molecule has 0 radical (unpaired) electrons. The van der Waals surface area contributed by atoms with E-state index in [2.05, 4.69) is 9.71 Å². The monoisotopic (exact) mass is 393 g/mol. The predicted molar refractivity (Wildman–Crippen MR) is 109 cm³/mol. The Balaban J connectivity index is 1.60. The summed E-state index contributed by atoms with van der Waals surface area (Å²) in [5.74, 6) is -0.271. The lowest BCUT2D eigenvalue weighted by Crippen LogP contribution is -2.40. The van der Waals surface area contributed by atoms with Crippen molar-refractivity contribution < 1.29 is 13.2 Å². The van der Waals surface area contributed by atoms with Gasteiger partial charge in [-0.3, -0.25) is 4.79 Å². The van der Waals surface area contributed by atoms with Crippen molar-refractivity contribution >= 4 is 27.5 Å². The topological polar surface area (TPSA) is 78.8 Å². The minimum Gasteiger partial charge on any atom is -0.331 e. The average Bonchev–Trinajstić information content (AvgIpc) is 2.69. The molecule has 1 amide bonds. The van der Waals surface area contributed by atoms with Crippen molar-refractivity contribution in [3.8, 4) is 0 Å². The number of para-hydroxylation sites is 1. The number of anilines is 1. The summed E-state index contributed by atoms with van der Waals surface area (Å²) in [5, 5.41) is 2.92. The number of carbonyl (C=O) groups excluding carboxylic acids is 1. The number of sulfonamides is 1. The van der Waals surface area contributed by atoms with E-state index in [4.69, 9.17) is 0 Å². The van der Waals surface area contributed by atoms with Gasteiger partial charge in [-0.05, 0) is 35.8 Å². The van der Waals surface area contributed by atoms with E-state index in [9.17, 15) is 13.2 Å². The molecular formula is C21H19N3O3S. The fourth-order valence-corrected chi connectivity index (χ4v) is 4.18. The van der Waals surface area contributed by atoms with Crippen LogP contribution in [0.3, 0.4) is 0 Å². The maximum atomic E-state index is 12.9. The fraction of sp³-hybridized carbons (Fsp3) is 0.143. The summed E-state index contributed by atoms with van der Waals surface area (Å²) in [6.45, 7) is 0.285. The van der Waals surface area contributed by atoms with Crippen molar-refractivity contribution in [2.75, 3.05) is 17.6 Å². The van der Waals surface area contributed by atoms with Gasteiger partial charge >= 0.3 is 0 Å². The number of rotatable bonds is 4. The van der Waals surface area contributed by atoms with Crippen LogP contribution < -0.4 is 5.32 Å². The molecule has 6 nitrogen and oxygen atoms in total. The first-order chi connectivity index (χ1) is 13.5. The lowest BCUT2D eigenvalue weighted by Gasteiger charge is -2.28. The SMILES string of the molecule is O=C(Nc1ccccc1Cc1ccccc1)C1=CC=CN2CCS(=O)(=O)N=C12. The zero-order chi connectivity index (χ0) is 19.6. The molecule has 0 atom stereocenters. The van der Waals surface area contributed by atoms with Crippen LogP contribution in [-0.2, 0) is 21.2 Å². The summed E-state index contributed by atoms with van der Waals surface area (Å²) in [6.07, 6.45) is 5.72. The number of amidine groups is 1. The molecule has 2 aromatic rings. The molecule has 2 heterocycles. The summed E-state index contributed by atoms with van der Waals surface area (Å²) in [5.41, 5.74) is 3.04. The largest absolute Gasteiger partial charge is 0.331 e. The molecule has 0 saturated heterocycles. The molecule has 0 saturated carbocycles. The molecule has 0 bridgehead atoms. The van der Waals surface area contributed by atoms with E-state index >= 15 is 0 Å². The first-order valence-corrected chi connectivity index (χ1v) is 10.5. The molecule has 0 aromatic heterocycles. The number of amides is 1. The van der Waals surface area contributed by atoms with Crippen molar-refractivity contribution in [3.05, 3.63) is 89.6 Å². The first kappa shape index (κ1) is 18.2. The fourth-order valence-electron chi connectivity index (χ4n) is 3.20. The number of fused-ring (bicyclic) bond motifs is 1. The van der Waals surface area contributed by atoms with Crippen molar-refractivity contribution in [2.24, 2.45) is 4.40 Å². The molecule has 0 spiro atoms. The van der Waals surface area contributed by atoms with Gasteiger partial charge in [0.05, 0.1) is 11.3 Å². The highest BCUT2D eigenvalue weighted by Gasteiger charge is 2.30. The Bertz CT molecular complexity index is 1100. The third kappa shape index (κ3) is 3.89. The smallest absolute Gasteiger partial charge is 0.259 e. The van der Waals surface area contributed by atoms with E-state index in [1.54, 1.807) is 23.3 Å². The van der Waals surface area contributed by atoms with E-state index in [0.29, 0.717) is 12.1 Å². The molecule has 2 aliphatic heterocycles. The van der Waals surface area contributed by atoms with Crippen molar-refractivity contribution in [1.29, 1.82) is 0 Å². The average molecular weight is 393 g/mol. The van der Waals surface area contributed by atoms with Gasteiger partial charge in [-0.2, -0.15) is 0 Å². The molecule has 0 aliphatic carbocycles. The van der Waals surface area contributed by atoms with E-state index < -0.39 is 10.0 Å². The maximum absolute atomic E-state index is 12.9. The van der Waals surface area contributed by atoms with Gasteiger partial charge in [0.1, 0.15) is 0 Å². The Kier molecular flexibility index (Phi) is 4.83. The molecule has 142 valence electrons. The number of nitrogens with one attached hydrogen (secondary N) is 1. The van der Waals surface area contributed by atoms with Crippen LogP contribution in [0.2, 0.25) is 0 Å². The van der Waals surface area contributed by atoms with Crippen LogP contribution in [0, 0.1) is 0 Å². The lowest BCUT2D eigenvalue weighted by molar-refractivity contribution is -0.112. The normalized spacial score (nSPS) is 17.4. The van der Waals surface area contributed by atoms with E-state index in [0.717, 1.165) is 11.1 Å². The van der Waals surface area contributed by atoms with Crippen LogP contribution in [0.15, 0.2) is 82.9 Å². The van der Waals surface area contributed by atoms with E-state index in [1.807, 2.05) is 54.6 Å². The minimum atomic E-state index is -3.55. The third-order valence-electron chi connectivity index (χ3n) is 4.61. The summed E-state index contributed by atoms with van der Waals surface area (Å²) in [6, 6.07) is 17.6. The molecule has 1 N–H and O–H groups in total. The quantitative estimate of drug-likeness (QED) is 0.866. The second kappa shape index (κ2) is 7.44. The summed E-state index contributed by atoms with van der Waals surface area (Å²) >= 11 is 0. The number of nitrogens with zero attached hydrogens (tertiary/aromatic N) is 2. The zero-order valence-corrected chi connectivity index (χ0v) is 15.9. The number of carbonyl (C=O) groups is 1. The molecule has 0 unspecified atom stereocenters. The van der Waals surface area contributed by atoms with Crippen molar-refractivity contribution in [2.45, 2.75) is 6.42 Å². The molecule has 28 heavy (non-hydrogen) atoms. The van der Waals surface area contributed by atoms with Gasteiger partial charge in [0.25, 0.3) is 15.9 Å². The number of benzene rings is 2. The number of hydrogen-bond acceptors (Lipinski definition) is 4. The Morgan fingerprint density at radius 1 is 1.07 bits per heavy atom. The highest BCUT2D eigenvalue weighted by Crippen LogP contribution is 2.22. The lowest BCUT2D eigenvalue weighted by atomic mass is 10.0.